The zero-order chi connectivity index (χ0) is 23.6. The summed E-state index contributed by atoms with van der Waals surface area (Å²) in [6.45, 7) is 0. The predicted molar refractivity (Wildman–Crippen MR) is 126 cm³/mol. The van der Waals surface area contributed by atoms with E-state index in [2.05, 4.69) is 4.98 Å². The van der Waals surface area contributed by atoms with E-state index in [0.717, 1.165) is 23.1 Å². The Morgan fingerprint density at radius 3 is 2.32 bits per heavy atom. The second kappa shape index (κ2) is 7.51. The van der Waals surface area contributed by atoms with E-state index in [1.165, 1.54) is 12.1 Å². The summed E-state index contributed by atoms with van der Waals surface area (Å²) in [6, 6.07) is 16.0. The number of carbonyl (C=O) groups excluding carboxylic acids is 2. The van der Waals surface area contributed by atoms with Crippen molar-refractivity contribution in [3.63, 3.8) is 0 Å². The number of H-pyrrole nitrogens is 1. The van der Waals surface area contributed by atoms with Crippen molar-refractivity contribution < 1.29 is 18.9 Å². The first-order chi connectivity index (χ1) is 16.4. The Labute approximate surface area is 199 Å². The van der Waals surface area contributed by atoms with Crippen LogP contribution < -0.4 is 4.87 Å². The lowest BCUT2D eigenvalue weighted by molar-refractivity contribution is -0.384. The minimum atomic E-state index is -0.730. The van der Waals surface area contributed by atoms with Gasteiger partial charge in [-0.1, -0.05) is 47.4 Å². The minimum Gasteiger partial charge on any atom is -0.460 e. The summed E-state index contributed by atoms with van der Waals surface area (Å²) in [4.78, 5) is 52.9. The highest BCUT2D eigenvalue weighted by Crippen LogP contribution is 2.52. The molecular weight excluding hydrogens is 476 g/mol. The van der Waals surface area contributed by atoms with Crippen molar-refractivity contribution in [1.29, 1.82) is 0 Å². The van der Waals surface area contributed by atoms with E-state index in [1.54, 1.807) is 48.5 Å². The molecule has 0 saturated carbocycles. The Morgan fingerprint density at radius 2 is 1.62 bits per heavy atom. The van der Waals surface area contributed by atoms with E-state index in [9.17, 15) is 24.5 Å². The molecule has 0 amide bonds. The quantitative estimate of drug-likeness (QED) is 0.311. The number of furan rings is 1. The number of rotatable bonds is 3. The average Bonchev–Trinajstić information content (AvgIpc) is 3.47. The van der Waals surface area contributed by atoms with Gasteiger partial charge in [-0.2, -0.15) is 0 Å². The predicted octanol–water partition coefficient (Wildman–Crippen LogP) is 5.18. The fourth-order valence-corrected chi connectivity index (χ4v) is 6.49. The first kappa shape index (κ1) is 20.6. The van der Waals surface area contributed by atoms with Crippen LogP contribution in [0.3, 0.4) is 0 Å². The van der Waals surface area contributed by atoms with Crippen molar-refractivity contribution >= 4 is 40.4 Å². The van der Waals surface area contributed by atoms with Crippen molar-refractivity contribution in [2.75, 3.05) is 0 Å². The van der Waals surface area contributed by atoms with Crippen LogP contribution >= 0.6 is 23.1 Å². The van der Waals surface area contributed by atoms with Gasteiger partial charge in [0, 0.05) is 34.4 Å². The Hall–Kier alpha value is -4.02. The molecule has 34 heavy (non-hydrogen) atoms. The third-order valence-corrected chi connectivity index (χ3v) is 7.99. The Kier molecular flexibility index (Phi) is 4.54. The number of thioether (sulfide) groups is 1. The molecule has 2 aromatic heterocycles. The smallest absolute Gasteiger partial charge is 0.305 e. The summed E-state index contributed by atoms with van der Waals surface area (Å²) in [5.74, 6) is -0.419. The monoisotopic (exact) mass is 488 g/mol. The number of nitro groups is 1. The zero-order valence-electron chi connectivity index (χ0n) is 17.1. The van der Waals surface area contributed by atoms with Crippen molar-refractivity contribution in [2.24, 2.45) is 0 Å². The lowest BCUT2D eigenvalue weighted by Crippen LogP contribution is -2.26. The van der Waals surface area contributed by atoms with E-state index in [0.29, 0.717) is 43.7 Å². The summed E-state index contributed by atoms with van der Waals surface area (Å²) in [5, 5.41) is 11.5. The van der Waals surface area contributed by atoms with Crippen molar-refractivity contribution in [3.8, 4) is 11.3 Å². The Bertz CT molecular complexity index is 1620. The molecule has 2 aromatic carbocycles. The fraction of sp³-hybridized carbons (Fsp3) is 0.0417. The standard InChI is InChI=1S/C24H12N2O6S2/c27-19-13-3-1-2-4-14(13)20(28)21-18(19)17(22-23(33-21)25-24(29)34-22)16-10-9-15(32-16)11-5-7-12(8-6-11)26(30)31/h1-10,17H,(H,25,29)/t17-/m0/s1. The van der Waals surface area contributed by atoms with Gasteiger partial charge in [-0.15, -0.1) is 0 Å². The first-order valence-electron chi connectivity index (χ1n) is 10.1. The maximum atomic E-state index is 13.6. The summed E-state index contributed by atoms with van der Waals surface area (Å²) >= 11 is 2.08. The molecular formula is C24H12N2O6S2. The molecule has 0 radical (unpaired) electrons. The molecule has 2 aliphatic rings. The number of hydrogen-bond donors (Lipinski definition) is 1. The SMILES string of the molecule is O=C1C2=C(C(=O)c3ccccc31)[C@H](c1ccc(-c3ccc([N+](=O)[O-])cc3)o1)c1sc(=O)[nH]c1S2. The molecule has 0 unspecified atom stereocenters. The topological polar surface area (TPSA) is 123 Å². The number of hydrogen-bond acceptors (Lipinski definition) is 8. The van der Waals surface area contributed by atoms with E-state index >= 15 is 0 Å². The number of fused-ring (bicyclic) bond motifs is 2. The fourth-order valence-electron chi connectivity index (χ4n) is 4.24. The van der Waals surface area contributed by atoms with Crippen LogP contribution in [0.2, 0.25) is 0 Å². The molecule has 1 N–H and O–H groups in total. The highest BCUT2D eigenvalue weighted by molar-refractivity contribution is 8.04. The van der Waals surface area contributed by atoms with E-state index in [1.807, 2.05) is 0 Å². The van der Waals surface area contributed by atoms with Crippen LogP contribution in [0, 0.1) is 10.1 Å². The maximum absolute atomic E-state index is 13.6. The van der Waals surface area contributed by atoms with Gasteiger partial charge in [-0.05, 0) is 24.3 Å². The van der Waals surface area contributed by atoms with Crippen LogP contribution in [0.5, 0.6) is 0 Å². The number of nitrogens with one attached hydrogen (secondary N) is 1. The number of nitro benzene ring substituents is 1. The third-order valence-electron chi connectivity index (χ3n) is 5.78. The van der Waals surface area contributed by atoms with Gasteiger partial charge < -0.3 is 9.40 Å². The summed E-state index contributed by atoms with van der Waals surface area (Å²) < 4.78 is 6.11. The molecule has 1 aliphatic heterocycles. The normalized spacial score (nSPS) is 16.8. The van der Waals surface area contributed by atoms with Gasteiger partial charge in [-0.25, -0.2) is 0 Å². The molecule has 3 heterocycles. The van der Waals surface area contributed by atoms with Crippen LogP contribution in [0.15, 0.2) is 85.4 Å². The van der Waals surface area contributed by atoms with Crippen LogP contribution in [-0.2, 0) is 0 Å². The summed E-state index contributed by atoms with van der Waals surface area (Å²) in [7, 11) is 0. The molecule has 0 bridgehead atoms. The van der Waals surface area contributed by atoms with Gasteiger partial charge in [0.1, 0.15) is 11.5 Å². The highest BCUT2D eigenvalue weighted by Gasteiger charge is 2.44. The molecule has 1 atom stereocenters. The summed E-state index contributed by atoms with van der Waals surface area (Å²) in [5.41, 5.74) is 1.53. The maximum Gasteiger partial charge on any atom is 0.305 e. The van der Waals surface area contributed by atoms with E-state index < -0.39 is 10.8 Å². The average molecular weight is 489 g/mol. The number of benzene rings is 2. The number of ketones is 2. The number of aromatic nitrogens is 1. The lowest BCUT2D eigenvalue weighted by atomic mass is 9.81. The summed E-state index contributed by atoms with van der Waals surface area (Å²) in [6.07, 6.45) is 0. The molecule has 0 saturated heterocycles. The molecule has 8 nitrogen and oxygen atoms in total. The lowest BCUT2D eigenvalue weighted by Gasteiger charge is -2.28. The third kappa shape index (κ3) is 3.03. The number of nitrogens with zero attached hydrogens (tertiary/aromatic N) is 1. The second-order valence-electron chi connectivity index (χ2n) is 7.70. The van der Waals surface area contributed by atoms with Crippen LogP contribution in [-0.4, -0.2) is 21.5 Å². The van der Waals surface area contributed by atoms with Crippen LogP contribution in [0.25, 0.3) is 11.3 Å². The number of carbonyl (C=O) groups is 2. The number of aromatic amines is 1. The molecule has 1 aliphatic carbocycles. The highest BCUT2D eigenvalue weighted by atomic mass is 32.2. The van der Waals surface area contributed by atoms with Crippen molar-refractivity contribution in [3.05, 3.63) is 113 Å². The van der Waals surface area contributed by atoms with Gasteiger partial charge in [0.05, 0.1) is 25.6 Å². The largest absolute Gasteiger partial charge is 0.460 e. The Balaban J connectivity index is 1.50. The van der Waals surface area contributed by atoms with Gasteiger partial charge in [0.2, 0.25) is 5.78 Å². The number of allylic oxidation sites excluding steroid dienone is 2. The van der Waals surface area contributed by atoms with Crippen LogP contribution in [0.4, 0.5) is 5.69 Å². The van der Waals surface area contributed by atoms with E-state index in [4.69, 9.17) is 4.42 Å². The first-order valence-corrected chi connectivity index (χ1v) is 11.7. The number of non-ortho nitro benzene ring substituents is 1. The van der Waals surface area contributed by atoms with Gasteiger partial charge in [0.25, 0.3) is 5.69 Å². The molecule has 10 heteroatoms. The Morgan fingerprint density at radius 1 is 0.912 bits per heavy atom. The van der Waals surface area contributed by atoms with Gasteiger partial charge in [-0.3, -0.25) is 24.5 Å². The van der Waals surface area contributed by atoms with Gasteiger partial charge in [0.15, 0.2) is 5.78 Å². The second-order valence-corrected chi connectivity index (χ2v) is 9.73. The zero-order valence-corrected chi connectivity index (χ0v) is 18.7. The van der Waals surface area contributed by atoms with Crippen LogP contribution in [0.1, 0.15) is 37.3 Å². The molecule has 166 valence electrons. The van der Waals surface area contributed by atoms with Crippen molar-refractivity contribution in [2.45, 2.75) is 10.9 Å². The number of thiazole rings is 1. The van der Waals surface area contributed by atoms with Crippen molar-refractivity contribution in [1.82, 2.24) is 4.98 Å². The molecule has 6 rings (SSSR count). The number of Topliss-reactive ketones (excluding diaryl/α,β-unsaturated/α-hetero) is 2. The minimum absolute atomic E-state index is 0.0404. The molecule has 4 aromatic rings. The van der Waals surface area contributed by atoms with E-state index in [-0.39, 0.29) is 27.0 Å². The molecule has 0 spiro atoms. The van der Waals surface area contributed by atoms with Gasteiger partial charge >= 0.3 is 4.87 Å². The molecule has 0 fully saturated rings.